The number of thioether (sulfide) groups is 1. The van der Waals surface area contributed by atoms with Crippen molar-refractivity contribution < 1.29 is 19.4 Å². The van der Waals surface area contributed by atoms with Crippen molar-refractivity contribution in [1.82, 2.24) is 19.7 Å². The highest BCUT2D eigenvalue weighted by molar-refractivity contribution is 7.99. The summed E-state index contributed by atoms with van der Waals surface area (Å²) in [6, 6.07) is 15.3. The summed E-state index contributed by atoms with van der Waals surface area (Å²) >= 11 is 1.48. The fourth-order valence-corrected chi connectivity index (χ4v) is 4.70. The number of para-hydroxylation sites is 1. The van der Waals surface area contributed by atoms with E-state index in [1.54, 1.807) is 31.2 Å². The number of carbonyl (C=O) groups is 1. The van der Waals surface area contributed by atoms with Crippen LogP contribution < -0.4 is 4.74 Å². The highest BCUT2D eigenvalue weighted by Crippen LogP contribution is 2.42. The van der Waals surface area contributed by atoms with Crippen LogP contribution in [0.4, 0.5) is 0 Å². The van der Waals surface area contributed by atoms with Crippen molar-refractivity contribution in [3.63, 3.8) is 0 Å². The number of hydrogen-bond acceptors (Lipinski definition) is 7. The van der Waals surface area contributed by atoms with E-state index in [4.69, 9.17) is 9.47 Å². The van der Waals surface area contributed by atoms with Crippen molar-refractivity contribution in [3.8, 4) is 17.1 Å². The molecule has 1 saturated carbocycles. The Balaban J connectivity index is 1.21. The summed E-state index contributed by atoms with van der Waals surface area (Å²) in [4.78, 5) is 15.1. The zero-order valence-corrected chi connectivity index (χ0v) is 19.6. The van der Waals surface area contributed by atoms with E-state index < -0.39 is 6.10 Å². The molecule has 0 bridgehead atoms. The first-order valence-electron chi connectivity index (χ1n) is 11.4. The first kappa shape index (κ1) is 22.5. The van der Waals surface area contributed by atoms with Gasteiger partial charge in [0.1, 0.15) is 12.4 Å². The Hall–Kier alpha value is -3.30. The summed E-state index contributed by atoms with van der Waals surface area (Å²) in [7, 11) is 0. The van der Waals surface area contributed by atoms with Crippen LogP contribution in [0.1, 0.15) is 36.2 Å². The van der Waals surface area contributed by atoms with E-state index >= 15 is 0 Å². The monoisotopic (exact) mass is 478 g/mol. The van der Waals surface area contributed by atoms with Crippen LogP contribution in [0.15, 0.2) is 59.9 Å². The number of aromatic nitrogens is 4. The van der Waals surface area contributed by atoms with Crippen molar-refractivity contribution in [2.24, 2.45) is 0 Å². The standard InChI is InChI=1S/C25H26N4O4S/c1-2-32-24(31)16-7-11-19(12-8-16)33-14-18(30)15-34-25-28-27-23(29(25)17-9-10-17)21-13-26-22-6-4-3-5-20(21)22/h3-8,11-13,17-18,26,30H,2,9-10,14-15H2,1H3/t18-/m1/s1. The zero-order chi connectivity index (χ0) is 23.5. The number of H-pyrrole nitrogens is 1. The third-order valence-corrected chi connectivity index (χ3v) is 6.71. The minimum atomic E-state index is -0.685. The number of nitrogens with zero attached hydrogens (tertiary/aromatic N) is 3. The first-order chi connectivity index (χ1) is 16.6. The van der Waals surface area contributed by atoms with Gasteiger partial charge in [-0.15, -0.1) is 10.2 Å². The van der Waals surface area contributed by atoms with E-state index in [2.05, 4.69) is 25.8 Å². The fraction of sp³-hybridized carbons (Fsp3) is 0.320. The van der Waals surface area contributed by atoms with E-state index in [9.17, 15) is 9.90 Å². The van der Waals surface area contributed by atoms with Gasteiger partial charge in [0, 0.05) is 34.5 Å². The molecule has 2 aromatic carbocycles. The number of nitrogens with one attached hydrogen (secondary N) is 1. The lowest BCUT2D eigenvalue weighted by Gasteiger charge is -2.13. The van der Waals surface area contributed by atoms with Gasteiger partial charge in [-0.05, 0) is 50.1 Å². The Morgan fingerprint density at radius 3 is 2.76 bits per heavy atom. The van der Waals surface area contributed by atoms with Crippen molar-refractivity contribution in [3.05, 3.63) is 60.3 Å². The van der Waals surface area contributed by atoms with Gasteiger partial charge in [0.15, 0.2) is 11.0 Å². The SMILES string of the molecule is CCOC(=O)c1ccc(OC[C@@H](O)CSc2nnc(-c3c[nH]c4ccccc34)n2C2CC2)cc1. The Bertz CT molecular complexity index is 1280. The van der Waals surface area contributed by atoms with E-state index in [-0.39, 0.29) is 12.6 Å². The van der Waals surface area contributed by atoms with Crippen molar-refractivity contribution in [2.75, 3.05) is 19.0 Å². The Morgan fingerprint density at radius 1 is 1.21 bits per heavy atom. The van der Waals surface area contributed by atoms with Crippen LogP contribution in [0.2, 0.25) is 0 Å². The molecule has 176 valence electrons. The maximum Gasteiger partial charge on any atom is 0.338 e. The summed E-state index contributed by atoms with van der Waals surface area (Å²) in [5.74, 6) is 1.51. The number of aliphatic hydroxyl groups excluding tert-OH is 1. The van der Waals surface area contributed by atoms with Gasteiger partial charge in [0.05, 0.1) is 18.3 Å². The molecule has 0 spiro atoms. The van der Waals surface area contributed by atoms with Crippen LogP contribution in [0, 0.1) is 0 Å². The molecule has 1 fully saturated rings. The summed E-state index contributed by atoms with van der Waals surface area (Å²) in [5, 5.41) is 21.3. The molecule has 8 nitrogen and oxygen atoms in total. The van der Waals surface area contributed by atoms with Crippen molar-refractivity contribution in [1.29, 1.82) is 0 Å². The Morgan fingerprint density at radius 2 is 2.00 bits per heavy atom. The smallest absolute Gasteiger partial charge is 0.338 e. The molecule has 5 rings (SSSR count). The third kappa shape index (κ3) is 4.80. The van der Waals surface area contributed by atoms with Gasteiger partial charge in [0.25, 0.3) is 0 Å². The van der Waals surface area contributed by atoms with Crippen molar-refractivity contribution >= 4 is 28.6 Å². The second kappa shape index (κ2) is 9.90. The maximum absolute atomic E-state index is 11.7. The number of benzene rings is 2. The lowest BCUT2D eigenvalue weighted by atomic mass is 10.1. The molecule has 4 aromatic rings. The molecule has 0 unspecified atom stereocenters. The molecule has 1 atom stereocenters. The number of carbonyl (C=O) groups excluding carboxylic acids is 1. The summed E-state index contributed by atoms with van der Waals surface area (Å²) in [5.41, 5.74) is 2.58. The van der Waals surface area contributed by atoms with Crippen LogP contribution in [0.3, 0.4) is 0 Å². The molecule has 2 heterocycles. The number of esters is 1. The molecular weight excluding hydrogens is 452 g/mol. The summed E-state index contributed by atoms with van der Waals surface area (Å²) < 4.78 is 12.9. The average molecular weight is 479 g/mol. The van der Waals surface area contributed by atoms with Crippen LogP contribution in [0.5, 0.6) is 5.75 Å². The van der Waals surface area contributed by atoms with E-state index in [0.29, 0.717) is 29.7 Å². The number of aromatic amines is 1. The third-order valence-electron chi connectivity index (χ3n) is 5.62. The molecule has 0 radical (unpaired) electrons. The lowest BCUT2D eigenvalue weighted by Crippen LogP contribution is -2.20. The van der Waals surface area contributed by atoms with Gasteiger partial charge in [-0.25, -0.2) is 4.79 Å². The van der Waals surface area contributed by atoms with Crippen LogP contribution in [-0.4, -0.2) is 55.9 Å². The molecule has 2 N–H and O–H groups in total. The van der Waals surface area contributed by atoms with Crippen LogP contribution >= 0.6 is 11.8 Å². The van der Waals surface area contributed by atoms with Gasteiger partial charge in [-0.1, -0.05) is 30.0 Å². The van der Waals surface area contributed by atoms with Crippen molar-refractivity contribution in [2.45, 2.75) is 37.1 Å². The molecule has 2 aromatic heterocycles. The molecule has 1 aliphatic carbocycles. The van der Waals surface area contributed by atoms with Gasteiger partial charge in [-0.2, -0.15) is 0 Å². The van der Waals surface area contributed by atoms with E-state index in [1.165, 1.54) is 11.8 Å². The van der Waals surface area contributed by atoms with Crippen LogP contribution in [0.25, 0.3) is 22.3 Å². The highest BCUT2D eigenvalue weighted by Gasteiger charge is 2.31. The topological polar surface area (TPSA) is 102 Å². The van der Waals surface area contributed by atoms with E-state index in [0.717, 1.165) is 40.3 Å². The number of rotatable bonds is 10. The fourth-order valence-electron chi connectivity index (χ4n) is 3.79. The molecular formula is C25H26N4O4S. The quantitative estimate of drug-likeness (QED) is 0.256. The van der Waals surface area contributed by atoms with E-state index in [1.807, 2.05) is 24.4 Å². The second-order valence-electron chi connectivity index (χ2n) is 8.18. The Kier molecular flexibility index (Phi) is 6.55. The second-order valence-corrected chi connectivity index (χ2v) is 9.16. The number of hydrogen-bond donors (Lipinski definition) is 2. The number of aliphatic hydroxyl groups is 1. The van der Waals surface area contributed by atoms with Gasteiger partial charge in [0.2, 0.25) is 0 Å². The molecule has 0 saturated heterocycles. The molecule has 1 aliphatic rings. The van der Waals surface area contributed by atoms with Gasteiger partial charge in [-0.3, -0.25) is 4.57 Å². The van der Waals surface area contributed by atoms with Gasteiger partial charge >= 0.3 is 5.97 Å². The number of ether oxygens (including phenoxy) is 2. The lowest BCUT2D eigenvalue weighted by molar-refractivity contribution is 0.0526. The van der Waals surface area contributed by atoms with Gasteiger partial charge < -0.3 is 19.6 Å². The molecule has 34 heavy (non-hydrogen) atoms. The predicted molar refractivity (Wildman–Crippen MR) is 130 cm³/mol. The summed E-state index contributed by atoms with van der Waals surface area (Å²) in [6.07, 6.45) is 3.51. The average Bonchev–Trinajstić information content (AvgIpc) is 3.47. The zero-order valence-electron chi connectivity index (χ0n) is 18.8. The van der Waals surface area contributed by atoms with Crippen LogP contribution in [-0.2, 0) is 4.74 Å². The first-order valence-corrected chi connectivity index (χ1v) is 12.3. The minimum absolute atomic E-state index is 0.138. The summed E-state index contributed by atoms with van der Waals surface area (Å²) in [6.45, 7) is 2.24. The highest BCUT2D eigenvalue weighted by atomic mass is 32.2. The molecule has 0 amide bonds. The maximum atomic E-state index is 11.7. The normalized spacial score (nSPS) is 14.3. The minimum Gasteiger partial charge on any atom is -0.491 e. The largest absolute Gasteiger partial charge is 0.491 e. The molecule has 9 heteroatoms. The molecule has 0 aliphatic heterocycles. The predicted octanol–water partition coefficient (Wildman–Crippen LogP) is 4.47. The Labute approximate surface area is 201 Å². The number of fused-ring (bicyclic) bond motifs is 1.